The van der Waals surface area contributed by atoms with Crippen molar-refractivity contribution in [3.8, 4) is 22.4 Å². The van der Waals surface area contributed by atoms with Crippen LogP contribution >= 0.6 is 23.2 Å². The molecule has 46 heavy (non-hydrogen) atoms. The van der Waals surface area contributed by atoms with Gasteiger partial charge in [0.05, 0.1) is 16.3 Å². The van der Waals surface area contributed by atoms with E-state index in [-0.39, 0.29) is 11.3 Å². The number of nitrogens with one attached hydrogen (secondary N) is 1. The van der Waals surface area contributed by atoms with E-state index in [2.05, 4.69) is 4.72 Å². The number of aromatic nitrogens is 2. The first-order valence-electron chi connectivity index (χ1n) is 13.9. The number of anilines is 1. The first-order valence-corrected chi connectivity index (χ1v) is 16.3. The highest BCUT2D eigenvalue weighted by Gasteiger charge is 2.30. The summed E-state index contributed by atoms with van der Waals surface area (Å²) < 4.78 is 55.0. The molecule has 5 aromatic rings. The van der Waals surface area contributed by atoms with E-state index in [0.717, 1.165) is 16.7 Å². The Bertz CT molecular complexity index is 2020. The normalized spacial score (nSPS) is 12.0. The van der Waals surface area contributed by atoms with Crippen LogP contribution in [0.4, 0.5) is 14.5 Å². The van der Waals surface area contributed by atoms with Gasteiger partial charge in [-0.3, -0.25) is 4.72 Å². The van der Waals surface area contributed by atoms with Gasteiger partial charge in [-0.05, 0) is 70.8 Å². The minimum absolute atomic E-state index is 0.187. The molecule has 0 bridgehead atoms. The van der Waals surface area contributed by atoms with Gasteiger partial charge in [-0.15, -0.1) is 0 Å². The van der Waals surface area contributed by atoms with E-state index in [9.17, 15) is 27.1 Å². The number of imidazole rings is 1. The van der Waals surface area contributed by atoms with Crippen LogP contribution in [-0.4, -0.2) is 40.7 Å². The predicted octanol–water partition coefficient (Wildman–Crippen LogP) is 8.84. The fourth-order valence-corrected chi connectivity index (χ4v) is 6.47. The first-order chi connectivity index (χ1) is 21.7. The van der Waals surface area contributed by atoms with Crippen LogP contribution in [0, 0.1) is 0 Å². The average Bonchev–Trinajstić information content (AvgIpc) is 3.37. The Kier molecular flexibility index (Phi) is 9.62. The lowest BCUT2D eigenvalue weighted by atomic mass is 10.0. The van der Waals surface area contributed by atoms with Crippen LogP contribution in [0.2, 0.25) is 10.0 Å². The molecule has 0 unspecified atom stereocenters. The summed E-state index contributed by atoms with van der Waals surface area (Å²) >= 11 is 12.6. The van der Waals surface area contributed by atoms with Crippen molar-refractivity contribution in [1.29, 1.82) is 0 Å². The highest BCUT2D eigenvalue weighted by molar-refractivity contribution is 7.92. The Morgan fingerprint density at radius 1 is 0.957 bits per heavy atom. The van der Waals surface area contributed by atoms with Gasteiger partial charge in [0.2, 0.25) is 10.0 Å². The van der Waals surface area contributed by atoms with Crippen LogP contribution in [0.25, 0.3) is 34.5 Å². The molecule has 0 saturated heterocycles. The molecule has 2 N–H and O–H groups in total. The first kappa shape index (κ1) is 32.9. The SMILES string of the molecule is CC(F)(F)CS(=O)(=O)Nc1cccc(-c2ccc(C=Cc3nc(-c4ccc(Cl)cc4Cl)cn3Cc3ccc(C(=O)O)cc3)cc2)c1. The van der Waals surface area contributed by atoms with E-state index in [0.29, 0.717) is 46.2 Å². The molecule has 0 aliphatic heterocycles. The molecule has 0 radical (unpaired) electrons. The molecule has 12 heteroatoms. The van der Waals surface area contributed by atoms with Crippen LogP contribution in [0.5, 0.6) is 0 Å². The van der Waals surface area contributed by atoms with Crippen molar-refractivity contribution in [2.24, 2.45) is 0 Å². The third kappa shape index (κ3) is 8.60. The van der Waals surface area contributed by atoms with Crippen molar-refractivity contribution >= 4 is 57.0 Å². The van der Waals surface area contributed by atoms with Crippen molar-refractivity contribution in [3.05, 3.63) is 130 Å². The number of halogens is 4. The Balaban J connectivity index is 1.39. The number of benzene rings is 4. The minimum atomic E-state index is -4.24. The Morgan fingerprint density at radius 3 is 2.33 bits per heavy atom. The molecule has 0 saturated carbocycles. The number of hydrogen-bond donors (Lipinski definition) is 2. The van der Waals surface area contributed by atoms with Crippen molar-refractivity contribution in [2.75, 3.05) is 10.5 Å². The number of aromatic carboxylic acids is 1. The van der Waals surface area contributed by atoms with Crippen LogP contribution < -0.4 is 4.72 Å². The van der Waals surface area contributed by atoms with Gasteiger partial charge in [0, 0.05) is 35.9 Å². The zero-order chi connectivity index (χ0) is 33.1. The summed E-state index contributed by atoms with van der Waals surface area (Å²) in [6, 6.07) is 25.8. The maximum Gasteiger partial charge on any atom is 0.335 e. The lowest BCUT2D eigenvalue weighted by molar-refractivity contribution is 0.0474. The zero-order valence-corrected chi connectivity index (χ0v) is 26.6. The molecule has 7 nitrogen and oxygen atoms in total. The van der Waals surface area contributed by atoms with Crippen molar-refractivity contribution in [2.45, 2.75) is 19.4 Å². The third-order valence-electron chi connectivity index (χ3n) is 6.82. The Labute approximate surface area is 274 Å². The van der Waals surface area contributed by atoms with Crippen LogP contribution in [0.15, 0.2) is 97.2 Å². The number of rotatable bonds is 11. The molecular weight excluding hydrogens is 655 g/mol. The van der Waals surface area contributed by atoms with E-state index in [1.807, 2.05) is 47.2 Å². The Morgan fingerprint density at radius 2 is 1.67 bits per heavy atom. The number of nitrogens with zero attached hydrogens (tertiary/aromatic N) is 2. The number of carboxylic acid groups (broad SMARTS) is 1. The third-order valence-corrected chi connectivity index (χ3v) is 8.80. The summed E-state index contributed by atoms with van der Waals surface area (Å²) in [5.74, 6) is -5.04. The van der Waals surface area contributed by atoms with Gasteiger partial charge in [0.1, 0.15) is 11.6 Å². The molecule has 236 valence electrons. The van der Waals surface area contributed by atoms with Crippen LogP contribution in [0.1, 0.15) is 34.2 Å². The Hall–Kier alpha value is -4.51. The predicted molar refractivity (Wildman–Crippen MR) is 179 cm³/mol. The van der Waals surface area contributed by atoms with Gasteiger partial charge in [0.15, 0.2) is 0 Å². The second-order valence-corrected chi connectivity index (χ2v) is 13.3. The zero-order valence-electron chi connectivity index (χ0n) is 24.3. The maximum atomic E-state index is 13.3. The highest BCUT2D eigenvalue weighted by atomic mass is 35.5. The van der Waals surface area contributed by atoms with Gasteiger partial charge < -0.3 is 9.67 Å². The summed E-state index contributed by atoms with van der Waals surface area (Å²) in [5, 5.41) is 10.2. The monoisotopic (exact) mass is 681 g/mol. The van der Waals surface area contributed by atoms with Gasteiger partial charge in [-0.25, -0.2) is 27.0 Å². The van der Waals surface area contributed by atoms with E-state index >= 15 is 0 Å². The fraction of sp³-hybridized carbons (Fsp3) is 0.118. The van der Waals surface area contributed by atoms with Gasteiger partial charge in [-0.2, -0.15) is 0 Å². The summed E-state index contributed by atoms with van der Waals surface area (Å²) in [6.07, 6.45) is 5.61. The number of carbonyl (C=O) groups is 1. The lowest BCUT2D eigenvalue weighted by Gasteiger charge is -2.13. The fourth-order valence-electron chi connectivity index (χ4n) is 4.74. The van der Waals surface area contributed by atoms with Crippen molar-refractivity contribution in [3.63, 3.8) is 0 Å². The summed E-state index contributed by atoms with van der Waals surface area (Å²) in [7, 11) is -4.24. The lowest BCUT2D eigenvalue weighted by Crippen LogP contribution is -2.28. The number of sulfonamides is 1. The minimum Gasteiger partial charge on any atom is -0.478 e. The molecule has 0 fully saturated rings. The number of hydrogen-bond acceptors (Lipinski definition) is 4. The van der Waals surface area contributed by atoms with Gasteiger partial charge >= 0.3 is 5.97 Å². The molecule has 0 spiro atoms. The molecular formula is C34H27Cl2F2N3O4S. The molecule has 5 rings (SSSR count). The second-order valence-electron chi connectivity index (χ2n) is 10.7. The maximum absolute atomic E-state index is 13.3. The van der Waals surface area contributed by atoms with E-state index in [1.54, 1.807) is 60.7 Å². The summed E-state index contributed by atoms with van der Waals surface area (Å²) in [6.45, 7) is 0.981. The van der Waals surface area contributed by atoms with E-state index in [1.165, 1.54) is 6.07 Å². The van der Waals surface area contributed by atoms with Crippen molar-refractivity contribution in [1.82, 2.24) is 9.55 Å². The summed E-state index contributed by atoms with van der Waals surface area (Å²) in [4.78, 5) is 16.1. The van der Waals surface area contributed by atoms with Gasteiger partial charge in [0.25, 0.3) is 5.92 Å². The smallest absolute Gasteiger partial charge is 0.335 e. The largest absolute Gasteiger partial charge is 0.478 e. The van der Waals surface area contributed by atoms with Crippen LogP contribution in [0.3, 0.4) is 0 Å². The van der Waals surface area contributed by atoms with E-state index in [4.69, 9.17) is 28.2 Å². The van der Waals surface area contributed by atoms with Crippen molar-refractivity contribution < 1.29 is 27.1 Å². The molecule has 1 heterocycles. The van der Waals surface area contributed by atoms with E-state index < -0.39 is 27.7 Å². The molecule has 0 aliphatic rings. The topological polar surface area (TPSA) is 101 Å². The standard InChI is InChI=1S/C34H27Cl2F2N3O4S/c1-34(37,38)21-46(44,45)40-28-4-2-3-26(17-28)24-10-5-22(6-11-24)9-16-32-39-31(29-15-14-27(35)18-30(29)36)20-41(32)19-23-7-12-25(13-8-23)33(42)43/h2-18,20,40H,19,21H2,1H3,(H,42,43). The number of carboxylic acids is 1. The quantitative estimate of drug-likeness (QED) is 0.145. The second kappa shape index (κ2) is 13.5. The number of alkyl halides is 2. The molecule has 0 aliphatic carbocycles. The highest BCUT2D eigenvalue weighted by Crippen LogP contribution is 2.31. The van der Waals surface area contributed by atoms with Crippen LogP contribution in [-0.2, 0) is 16.6 Å². The average molecular weight is 683 g/mol. The van der Waals surface area contributed by atoms with Gasteiger partial charge in [-0.1, -0.05) is 77.8 Å². The molecule has 4 aromatic carbocycles. The molecule has 0 atom stereocenters. The molecule has 1 aromatic heterocycles. The molecule has 0 amide bonds. The summed E-state index contributed by atoms with van der Waals surface area (Å²) in [5.41, 5.74) is 4.96.